The Hall–Kier alpha value is -1.68. The third-order valence-corrected chi connectivity index (χ3v) is 3.29. The molecule has 0 rings (SSSR count). The highest BCUT2D eigenvalue weighted by molar-refractivity contribution is 5.89. The Bertz CT molecular complexity index is 406. The van der Waals surface area contributed by atoms with Crippen molar-refractivity contribution in [3.8, 4) is 0 Å². The number of ether oxygens (including phenoxy) is 1. The van der Waals surface area contributed by atoms with Crippen LogP contribution < -0.4 is 0 Å². The first-order chi connectivity index (χ1) is 11.1. The maximum absolute atomic E-state index is 11.6. The fourth-order valence-corrected chi connectivity index (χ4v) is 1.98. The van der Waals surface area contributed by atoms with Gasteiger partial charge in [0, 0.05) is 12.8 Å². The zero-order valence-electron chi connectivity index (χ0n) is 14.4. The van der Waals surface area contributed by atoms with Crippen molar-refractivity contribution in [2.45, 2.75) is 64.4 Å². The highest BCUT2D eigenvalue weighted by Gasteiger charge is 2.00. The number of hydrogen-bond acceptors (Lipinski definition) is 4. The summed E-state index contributed by atoms with van der Waals surface area (Å²) in [6, 6.07) is 0. The van der Waals surface area contributed by atoms with E-state index in [4.69, 9.17) is 5.11 Å². The maximum Gasteiger partial charge on any atom is 0.305 e. The molecule has 1 unspecified atom stereocenters. The summed E-state index contributed by atoms with van der Waals surface area (Å²) in [5.41, 5.74) is 0. The van der Waals surface area contributed by atoms with Crippen LogP contribution in [0, 0.1) is 0 Å². The van der Waals surface area contributed by atoms with Crippen molar-refractivity contribution in [3.63, 3.8) is 0 Å². The van der Waals surface area contributed by atoms with Crippen LogP contribution in [0.3, 0.4) is 0 Å². The fraction of sp³-hybridized carbons (Fsp3) is 0.579. The minimum absolute atomic E-state index is 0.139. The van der Waals surface area contributed by atoms with Gasteiger partial charge in [0.05, 0.1) is 13.2 Å². The standard InChI is InChI=1S/C19H30O4/c1-17(20)13-9-7-8-11-15-18(21)14-10-5-3-4-6-12-16-19(22)23-2/h7-9,11,13,15,17,20H,3-6,10,12,14,16H2,1-2H3. The summed E-state index contributed by atoms with van der Waals surface area (Å²) >= 11 is 0. The van der Waals surface area contributed by atoms with E-state index in [-0.39, 0.29) is 11.8 Å². The molecule has 0 aliphatic heterocycles. The Morgan fingerprint density at radius 1 is 0.913 bits per heavy atom. The van der Waals surface area contributed by atoms with Gasteiger partial charge in [-0.1, -0.05) is 56.1 Å². The highest BCUT2D eigenvalue weighted by Crippen LogP contribution is 2.09. The van der Waals surface area contributed by atoms with E-state index in [2.05, 4.69) is 4.74 Å². The lowest BCUT2D eigenvalue weighted by molar-refractivity contribution is -0.140. The Morgan fingerprint density at radius 3 is 2.09 bits per heavy atom. The molecular weight excluding hydrogens is 292 g/mol. The van der Waals surface area contributed by atoms with Gasteiger partial charge in [-0.25, -0.2) is 0 Å². The molecule has 1 N–H and O–H groups in total. The van der Waals surface area contributed by atoms with Crippen LogP contribution in [0.5, 0.6) is 0 Å². The number of carbonyl (C=O) groups excluding carboxylic acids is 2. The first-order valence-electron chi connectivity index (χ1n) is 8.35. The van der Waals surface area contributed by atoms with Crippen molar-refractivity contribution < 1.29 is 19.4 Å². The molecule has 0 bridgehead atoms. The average molecular weight is 322 g/mol. The van der Waals surface area contributed by atoms with Crippen LogP contribution in [0.25, 0.3) is 0 Å². The van der Waals surface area contributed by atoms with Crippen LogP contribution in [0.4, 0.5) is 0 Å². The molecule has 0 saturated heterocycles. The van der Waals surface area contributed by atoms with Crippen molar-refractivity contribution >= 4 is 11.8 Å². The van der Waals surface area contributed by atoms with Crippen molar-refractivity contribution in [1.82, 2.24) is 0 Å². The third kappa shape index (κ3) is 16.5. The fourth-order valence-electron chi connectivity index (χ4n) is 1.98. The molecule has 0 radical (unpaired) electrons. The number of esters is 1. The van der Waals surface area contributed by atoms with Gasteiger partial charge in [0.15, 0.2) is 5.78 Å². The van der Waals surface area contributed by atoms with Gasteiger partial charge in [0.1, 0.15) is 0 Å². The molecule has 130 valence electrons. The second-order valence-corrected chi connectivity index (χ2v) is 5.53. The van der Waals surface area contributed by atoms with E-state index in [9.17, 15) is 9.59 Å². The summed E-state index contributed by atoms with van der Waals surface area (Å²) in [5, 5.41) is 9.01. The number of unbranched alkanes of at least 4 members (excludes halogenated alkanes) is 5. The number of aliphatic hydroxyl groups is 1. The van der Waals surface area contributed by atoms with Crippen molar-refractivity contribution in [2.24, 2.45) is 0 Å². The van der Waals surface area contributed by atoms with Crippen molar-refractivity contribution in [2.75, 3.05) is 7.11 Å². The minimum Gasteiger partial charge on any atom is -0.469 e. The van der Waals surface area contributed by atoms with E-state index >= 15 is 0 Å². The minimum atomic E-state index is -0.453. The normalized spacial score (nSPS) is 13.2. The molecule has 0 fully saturated rings. The molecule has 0 aromatic carbocycles. The van der Waals surface area contributed by atoms with Crippen molar-refractivity contribution in [3.05, 3.63) is 36.5 Å². The van der Waals surface area contributed by atoms with E-state index in [0.717, 1.165) is 38.5 Å². The maximum atomic E-state index is 11.6. The molecule has 0 aliphatic carbocycles. The van der Waals surface area contributed by atoms with Gasteiger partial charge >= 0.3 is 5.97 Å². The van der Waals surface area contributed by atoms with Gasteiger partial charge in [-0.15, -0.1) is 0 Å². The molecule has 0 aromatic heterocycles. The first kappa shape index (κ1) is 21.3. The number of carbonyl (C=O) groups is 2. The molecule has 0 saturated carbocycles. The average Bonchev–Trinajstić information content (AvgIpc) is 2.52. The number of hydrogen-bond donors (Lipinski definition) is 1. The van der Waals surface area contributed by atoms with Gasteiger partial charge in [-0.3, -0.25) is 9.59 Å². The van der Waals surface area contributed by atoms with Gasteiger partial charge < -0.3 is 9.84 Å². The highest BCUT2D eigenvalue weighted by atomic mass is 16.5. The second kappa shape index (κ2) is 15.2. The molecular formula is C19H30O4. The third-order valence-electron chi connectivity index (χ3n) is 3.29. The summed E-state index contributed by atoms with van der Waals surface area (Å²) < 4.78 is 4.58. The topological polar surface area (TPSA) is 63.6 Å². The summed E-state index contributed by atoms with van der Waals surface area (Å²) in [7, 11) is 1.41. The van der Waals surface area contributed by atoms with Crippen LogP contribution in [-0.4, -0.2) is 30.1 Å². The van der Waals surface area contributed by atoms with Crippen LogP contribution in [-0.2, 0) is 14.3 Å². The number of methoxy groups -OCH3 is 1. The number of rotatable bonds is 13. The summed E-state index contributed by atoms with van der Waals surface area (Å²) in [5.74, 6) is -0.00218. The first-order valence-corrected chi connectivity index (χ1v) is 8.35. The SMILES string of the molecule is COC(=O)CCCCCCCCC(=O)C=CC=CC=CC(C)O. The number of aliphatic hydroxyl groups excluding tert-OH is 1. The molecule has 0 spiro atoms. The molecule has 4 heteroatoms. The van der Waals surface area contributed by atoms with Gasteiger partial charge in [-0.2, -0.15) is 0 Å². The molecule has 4 nitrogen and oxygen atoms in total. The van der Waals surface area contributed by atoms with E-state index < -0.39 is 6.10 Å². The largest absolute Gasteiger partial charge is 0.469 e. The zero-order chi connectivity index (χ0) is 17.3. The van der Waals surface area contributed by atoms with Crippen LogP contribution in [0.2, 0.25) is 0 Å². The predicted octanol–water partition coefficient (Wildman–Crippen LogP) is 3.90. The molecule has 0 amide bonds. The molecule has 1 atom stereocenters. The lowest BCUT2D eigenvalue weighted by Gasteiger charge is -2.01. The smallest absolute Gasteiger partial charge is 0.305 e. The summed E-state index contributed by atoms with van der Waals surface area (Å²) in [6.07, 6.45) is 17.0. The summed E-state index contributed by atoms with van der Waals surface area (Å²) in [6.45, 7) is 1.68. The quantitative estimate of drug-likeness (QED) is 0.242. The Kier molecular flexibility index (Phi) is 14.1. The van der Waals surface area contributed by atoms with Gasteiger partial charge in [0.25, 0.3) is 0 Å². The number of ketones is 1. The van der Waals surface area contributed by atoms with E-state index in [1.807, 2.05) is 0 Å². The molecule has 0 aromatic rings. The molecule has 0 heterocycles. The lowest BCUT2D eigenvalue weighted by Crippen LogP contribution is -1.99. The van der Waals surface area contributed by atoms with Gasteiger partial charge in [-0.05, 0) is 25.8 Å². The Balaban J connectivity index is 3.51. The van der Waals surface area contributed by atoms with Gasteiger partial charge in [0.2, 0.25) is 0 Å². The van der Waals surface area contributed by atoms with Crippen LogP contribution >= 0.6 is 0 Å². The van der Waals surface area contributed by atoms with Crippen LogP contribution in [0.1, 0.15) is 58.3 Å². The summed E-state index contributed by atoms with van der Waals surface area (Å²) in [4.78, 5) is 22.5. The zero-order valence-corrected chi connectivity index (χ0v) is 14.4. The van der Waals surface area contributed by atoms with E-state index in [0.29, 0.717) is 12.8 Å². The Labute approximate surface area is 139 Å². The second-order valence-electron chi connectivity index (χ2n) is 5.53. The predicted molar refractivity (Wildman–Crippen MR) is 93.1 cm³/mol. The van der Waals surface area contributed by atoms with Crippen molar-refractivity contribution in [1.29, 1.82) is 0 Å². The molecule has 0 aliphatic rings. The Morgan fingerprint density at radius 2 is 1.48 bits per heavy atom. The van der Waals surface area contributed by atoms with E-state index in [1.165, 1.54) is 7.11 Å². The lowest BCUT2D eigenvalue weighted by atomic mass is 10.1. The molecule has 23 heavy (non-hydrogen) atoms. The van der Waals surface area contributed by atoms with E-state index in [1.54, 1.807) is 43.4 Å². The monoisotopic (exact) mass is 322 g/mol. The van der Waals surface area contributed by atoms with Crippen LogP contribution in [0.15, 0.2) is 36.5 Å². The number of allylic oxidation sites excluding steroid dienone is 5.